The van der Waals surface area contributed by atoms with Crippen LogP contribution < -0.4 is 5.32 Å². The zero-order chi connectivity index (χ0) is 10.6. The number of alkyl halides is 1. The first-order valence-corrected chi connectivity index (χ1v) is 6.36. The molecule has 1 nitrogen and oxygen atoms in total. The van der Waals surface area contributed by atoms with Crippen LogP contribution in [0.3, 0.4) is 0 Å². The average molecular weight is 218 g/mol. The Kier molecular flexibility index (Phi) is 4.72. The number of halogens is 1. The summed E-state index contributed by atoms with van der Waals surface area (Å²) in [4.78, 5) is 0. The zero-order valence-corrected chi connectivity index (χ0v) is 10.5. The molecule has 1 aliphatic rings. The van der Waals surface area contributed by atoms with Crippen molar-refractivity contribution in [1.29, 1.82) is 0 Å². The minimum atomic E-state index is 0.446. The van der Waals surface area contributed by atoms with E-state index in [1.807, 2.05) is 0 Å². The van der Waals surface area contributed by atoms with Crippen molar-refractivity contribution in [2.45, 2.75) is 52.5 Å². The topological polar surface area (TPSA) is 12.0 Å². The van der Waals surface area contributed by atoms with Gasteiger partial charge in [-0.05, 0) is 37.1 Å². The second-order valence-electron chi connectivity index (χ2n) is 5.72. The minimum Gasteiger partial charge on any atom is -0.314 e. The Balaban J connectivity index is 2.18. The minimum absolute atomic E-state index is 0.446. The summed E-state index contributed by atoms with van der Waals surface area (Å²) in [5, 5.41) is 3.65. The first-order valence-electron chi connectivity index (χ1n) is 5.82. The van der Waals surface area contributed by atoms with E-state index in [1.54, 1.807) is 0 Å². The highest BCUT2D eigenvalue weighted by molar-refractivity contribution is 6.18. The van der Waals surface area contributed by atoms with Crippen LogP contribution >= 0.6 is 11.6 Å². The van der Waals surface area contributed by atoms with E-state index in [0.717, 1.165) is 18.3 Å². The van der Waals surface area contributed by atoms with Gasteiger partial charge in [-0.25, -0.2) is 0 Å². The van der Waals surface area contributed by atoms with E-state index >= 15 is 0 Å². The number of nitrogens with one attached hydrogen (secondary N) is 1. The summed E-state index contributed by atoms with van der Waals surface area (Å²) < 4.78 is 0. The number of rotatable bonds is 4. The number of hydrogen-bond acceptors (Lipinski definition) is 1. The fraction of sp³-hybridized carbons (Fsp3) is 1.00. The molecule has 2 unspecified atom stereocenters. The Morgan fingerprint density at radius 3 is 2.57 bits per heavy atom. The summed E-state index contributed by atoms with van der Waals surface area (Å²) in [6.07, 6.45) is 5.24. The van der Waals surface area contributed by atoms with Crippen molar-refractivity contribution in [3.05, 3.63) is 0 Å². The Morgan fingerprint density at radius 2 is 2.00 bits per heavy atom. The second kappa shape index (κ2) is 5.37. The van der Waals surface area contributed by atoms with Gasteiger partial charge < -0.3 is 5.32 Å². The zero-order valence-electron chi connectivity index (χ0n) is 9.78. The predicted octanol–water partition coefficient (Wildman–Crippen LogP) is 3.42. The van der Waals surface area contributed by atoms with Crippen molar-refractivity contribution in [2.75, 3.05) is 12.4 Å². The van der Waals surface area contributed by atoms with Gasteiger partial charge in [0.25, 0.3) is 0 Å². The molecule has 0 radical (unpaired) electrons. The molecular weight excluding hydrogens is 194 g/mol. The van der Waals surface area contributed by atoms with Gasteiger partial charge in [-0.3, -0.25) is 0 Å². The van der Waals surface area contributed by atoms with Crippen LogP contribution in [-0.4, -0.2) is 18.5 Å². The largest absolute Gasteiger partial charge is 0.314 e. The third kappa shape index (κ3) is 4.18. The number of hydrogen-bond donors (Lipinski definition) is 1. The molecule has 0 aliphatic heterocycles. The summed E-state index contributed by atoms with van der Waals surface area (Å²) in [5.74, 6) is 1.55. The molecule has 0 aromatic heterocycles. The fourth-order valence-corrected chi connectivity index (χ4v) is 2.49. The second-order valence-corrected chi connectivity index (χ2v) is 6.03. The molecule has 2 atom stereocenters. The molecule has 2 heteroatoms. The Bertz CT molecular complexity index is 162. The first-order chi connectivity index (χ1) is 6.53. The van der Waals surface area contributed by atoms with Gasteiger partial charge in [0.15, 0.2) is 0 Å². The highest BCUT2D eigenvalue weighted by Crippen LogP contribution is 2.27. The molecule has 0 saturated heterocycles. The maximum atomic E-state index is 5.93. The van der Waals surface area contributed by atoms with E-state index in [1.165, 1.54) is 25.7 Å². The summed E-state index contributed by atoms with van der Waals surface area (Å²) in [6.45, 7) is 8.02. The molecule has 1 rings (SSSR count). The van der Waals surface area contributed by atoms with E-state index < -0.39 is 0 Å². The first kappa shape index (κ1) is 12.3. The lowest BCUT2D eigenvalue weighted by Crippen LogP contribution is -2.35. The molecular formula is C12H24ClN. The standard InChI is InChI=1S/C12H24ClN/c1-12(2,3)7-8-14-11-6-4-5-10(11)9-13/h10-11,14H,4-9H2,1-3H3. The molecule has 0 bridgehead atoms. The molecule has 0 heterocycles. The smallest absolute Gasteiger partial charge is 0.0266 e. The summed E-state index contributed by atoms with van der Waals surface area (Å²) in [5.41, 5.74) is 0.446. The van der Waals surface area contributed by atoms with Gasteiger partial charge >= 0.3 is 0 Å². The average Bonchev–Trinajstić information content (AvgIpc) is 2.49. The van der Waals surface area contributed by atoms with Crippen molar-refractivity contribution in [3.8, 4) is 0 Å². The molecule has 0 amide bonds. The summed E-state index contributed by atoms with van der Waals surface area (Å²) >= 11 is 5.93. The van der Waals surface area contributed by atoms with Gasteiger partial charge in [-0.15, -0.1) is 11.6 Å². The van der Waals surface area contributed by atoms with Gasteiger partial charge in [0, 0.05) is 11.9 Å². The fourth-order valence-electron chi connectivity index (χ4n) is 2.12. The molecule has 84 valence electrons. The molecule has 1 saturated carbocycles. The van der Waals surface area contributed by atoms with Gasteiger partial charge in [0.2, 0.25) is 0 Å². The van der Waals surface area contributed by atoms with Crippen molar-refractivity contribution in [1.82, 2.24) is 5.32 Å². The molecule has 0 aromatic rings. The van der Waals surface area contributed by atoms with E-state index in [2.05, 4.69) is 26.1 Å². The maximum Gasteiger partial charge on any atom is 0.0266 e. The summed E-state index contributed by atoms with van der Waals surface area (Å²) in [6, 6.07) is 0.690. The monoisotopic (exact) mass is 217 g/mol. The van der Waals surface area contributed by atoms with Crippen LogP contribution in [0.2, 0.25) is 0 Å². The van der Waals surface area contributed by atoms with Crippen molar-refractivity contribution >= 4 is 11.6 Å². The van der Waals surface area contributed by atoms with Crippen LogP contribution in [0, 0.1) is 11.3 Å². The van der Waals surface area contributed by atoms with E-state index in [9.17, 15) is 0 Å². The van der Waals surface area contributed by atoms with Crippen LogP contribution in [0.15, 0.2) is 0 Å². The van der Waals surface area contributed by atoms with E-state index in [-0.39, 0.29) is 0 Å². The van der Waals surface area contributed by atoms with E-state index in [0.29, 0.717) is 11.5 Å². The molecule has 1 N–H and O–H groups in total. The normalized spacial score (nSPS) is 28.3. The molecule has 0 aromatic carbocycles. The molecule has 14 heavy (non-hydrogen) atoms. The maximum absolute atomic E-state index is 5.93. The predicted molar refractivity (Wildman–Crippen MR) is 63.9 cm³/mol. The van der Waals surface area contributed by atoms with Crippen molar-refractivity contribution < 1.29 is 0 Å². The van der Waals surface area contributed by atoms with Gasteiger partial charge in [0.1, 0.15) is 0 Å². The van der Waals surface area contributed by atoms with Crippen LogP contribution in [0.5, 0.6) is 0 Å². The van der Waals surface area contributed by atoms with Crippen LogP contribution in [0.25, 0.3) is 0 Å². The molecule has 1 aliphatic carbocycles. The van der Waals surface area contributed by atoms with E-state index in [4.69, 9.17) is 11.6 Å². The lowest BCUT2D eigenvalue weighted by atomic mass is 9.92. The SMILES string of the molecule is CC(C)(C)CCNC1CCCC1CCl. The molecule has 1 fully saturated rings. The van der Waals surface area contributed by atoms with Gasteiger partial charge in [-0.2, -0.15) is 0 Å². The third-order valence-corrected chi connectivity index (χ3v) is 3.54. The van der Waals surface area contributed by atoms with Crippen molar-refractivity contribution in [2.24, 2.45) is 11.3 Å². The quantitative estimate of drug-likeness (QED) is 0.712. The van der Waals surface area contributed by atoms with Crippen LogP contribution in [0.1, 0.15) is 46.5 Å². The van der Waals surface area contributed by atoms with Crippen LogP contribution in [0.4, 0.5) is 0 Å². The highest BCUT2D eigenvalue weighted by Gasteiger charge is 2.25. The Morgan fingerprint density at radius 1 is 1.29 bits per heavy atom. The highest BCUT2D eigenvalue weighted by atomic mass is 35.5. The van der Waals surface area contributed by atoms with Gasteiger partial charge in [-0.1, -0.05) is 27.2 Å². The Labute approximate surface area is 93.6 Å². The summed E-state index contributed by atoms with van der Waals surface area (Å²) in [7, 11) is 0. The third-order valence-electron chi connectivity index (χ3n) is 3.14. The molecule has 0 spiro atoms. The van der Waals surface area contributed by atoms with Crippen molar-refractivity contribution in [3.63, 3.8) is 0 Å². The Hall–Kier alpha value is 0.250. The van der Waals surface area contributed by atoms with Crippen LogP contribution in [-0.2, 0) is 0 Å². The lowest BCUT2D eigenvalue weighted by Gasteiger charge is -2.23. The van der Waals surface area contributed by atoms with Gasteiger partial charge in [0.05, 0.1) is 0 Å². The lowest BCUT2D eigenvalue weighted by molar-refractivity contribution is 0.339.